The average Bonchev–Trinajstić information content (AvgIpc) is 3.61. The normalized spacial score (nSPS) is 12.4. The zero-order valence-electron chi connectivity index (χ0n) is 27.4. The highest BCUT2D eigenvalue weighted by atomic mass is 31.2. The molecule has 3 aromatic heterocycles. The molecular weight excluding hydrogens is 648 g/mol. The molecule has 0 radical (unpaired) electrons. The number of hydrogen-bond acceptors (Lipinski definition) is 5. The third kappa shape index (κ3) is 10.4. The summed E-state index contributed by atoms with van der Waals surface area (Å²) in [6, 6.07) is 22.3. The maximum atomic E-state index is 11.1. The van der Waals surface area contributed by atoms with Crippen LogP contribution < -0.4 is 0 Å². The Kier molecular flexibility index (Phi) is 12.8. The van der Waals surface area contributed by atoms with Crippen LogP contribution in [0.15, 0.2) is 66.7 Å². The van der Waals surface area contributed by atoms with Gasteiger partial charge in [0, 0.05) is 25.4 Å². The van der Waals surface area contributed by atoms with Crippen LogP contribution in [0.1, 0.15) is 77.0 Å². The van der Waals surface area contributed by atoms with Crippen molar-refractivity contribution in [2.24, 2.45) is 0 Å². The first-order chi connectivity index (χ1) is 23.1. The zero-order valence-corrected chi connectivity index (χ0v) is 29.2. The molecule has 0 amide bonds. The SMILES string of the molecule is O=P(O)(O)CCCCCCCCn1c(-c2cccc(-c3nc4ccccc4n3CCCCCCCCP(=O)(O)O)n2)nc2ccccc21. The number of fused-ring (bicyclic) bond motifs is 2. The van der Waals surface area contributed by atoms with E-state index in [0.29, 0.717) is 12.8 Å². The van der Waals surface area contributed by atoms with E-state index in [9.17, 15) is 9.13 Å². The summed E-state index contributed by atoms with van der Waals surface area (Å²) in [4.78, 5) is 51.4. The van der Waals surface area contributed by atoms with Gasteiger partial charge in [-0.2, -0.15) is 0 Å². The third-order valence-electron chi connectivity index (χ3n) is 8.68. The molecule has 0 aliphatic rings. The Morgan fingerprint density at radius 2 is 0.833 bits per heavy atom. The van der Waals surface area contributed by atoms with Crippen LogP contribution in [0.2, 0.25) is 0 Å². The van der Waals surface area contributed by atoms with Gasteiger partial charge < -0.3 is 28.7 Å². The summed E-state index contributed by atoms with van der Waals surface area (Å²) < 4.78 is 26.7. The molecular formula is C35H47N5O6P2. The van der Waals surface area contributed by atoms with Crippen molar-refractivity contribution in [1.29, 1.82) is 0 Å². The number of imidazole rings is 2. The number of aromatic nitrogens is 5. The molecule has 0 unspecified atom stereocenters. The Morgan fingerprint density at radius 1 is 0.458 bits per heavy atom. The smallest absolute Gasteiger partial charge is 0.324 e. The average molecular weight is 696 g/mol. The van der Waals surface area contributed by atoms with Crippen LogP contribution in [0.5, 0.6) is 0 Å². The van der Waals surface area contributed by atoms with E-state index in [-0.39, 0.29) is 12.3 Å². The van der Waals surface area contributed by atoms with Crippen molar-refractivity contribution in [3.8, 4) is 23.0 Å². The molecule has 258 valence electrons. The summed E-state index contributed by atoms with van der Waals surface area (Å²) in [5, 5.41) is 0. The van der Waals surface area contributed by atoms with E-state index in [1.54, 1.807) is 0 Å². The lowest BCUT2D eigenvalue weighted by Gasteiger charge is -2.12. The lowest BCUT2D eigenvalue weighted by atomic mass is 10.1. The molecule has 0 bridgehead atoms. The molecule has 0 fully saturated rings. The first-order valence-electron chi connectivity index (χ1n) is 17.1. The molecule has 2 aromatic carbocycles. The van der Waals surface area contributed by atoms with Gasteiger partial charge in [0.15, 0.2) is 11.6 Å². The van der Waals surface area contributed by atoms with Gasteiger partial charge in [-0.15, -0.1) is 0 Å². The van der Waals surface area contributed by atoms with E-state index >= 15 is 0 Å². The Bertz CT molecular complexity index is 1750. The molecule has 0 aliphatic carbocycles. The largest absolute Gasteiger partial charge is 0.325 e. The number of rotatable bonds is 20. The Balaban J connectivity index is 1.28. The predicted molar refractivity (Wildman–Crippen MR) is 191 cm³/mol. The van der Waals surface area contributed by atoms with Crippen LogP contribution in [-0.4, -0.2) is 56.0 Å². The van der Waals surface area contributed by atoms with Gasteiger partial charge in [0.2, 0.25) is 0 Å². The number of unbranched alkanes of at least 4 members (excludes halogenated alkanes) is 10. The summed E-state index contributed by atoms with van der Waals surface area (Å²) in [7, 11) is -7.82. The van der Waals surface area contributed by atoms with E-state index < -0.39 is 15.2 Å². The number of benzene rings is 2. The number of nitrogens with zero attached hydrogens (tertiary/aromatic N) is 5. The number of hydrogen-bond donors (Lipinski definition) is 4. The molecule has 0 saturated heterocycles. The minimum atomic E-state index is -3.91. The Labute approximate surface area is 281 Å². The summed E-state index contributed by atoms with van der Waals surface area (Å²) in [5.41, 5.74) is 5.55. The fourth-order valence-electron chi connectivity index (χ4n) is 6.27. The number of para-hydroxylation sites is 4. The van der Waals surface area contributed by atoms with Crippen molar-refractivity contribution < 1.29 is 28.7 Å². The van der Waals surface area contributed by atoms with Crippen LogP contribution in [0, 0.1) is 0 Å². The summed E-state index contributed by atoms with van der Waals surface area (Å²) in [6.45, 7) is 1.59. The maximum Gasteiger partial charge on any atom is 0.325 e. The van der Waals surface area contributed by atoms with E-state index in [1.165, 1.54) is 0 Å². The predicted octanol–water partition coefficient (Wildman–Crippen LogP) is 8.15. The van der Waals surface area contributed by atoms with Crippen molar-refractivity contribution in [3.05, 3.63) is 66.7 Å². The lowest BCUT2D eigenvalue weighted by Crippen LogP contribution is -2.04. The second kappa shape index (κ2) is 17.0. The van der Waals surface area contributed by atoms with Crippen molar-refractivity contribution in [3.63, 3.8) is 0 Å². The molecule has 0 aliphatic heterocycles. The Hall–Kier alpha value is -3.17. The van der Waals surface area contributed by atoms with Crippen LogP contribution in [0.3, 0.4) is 0 Å². The van der Waals surface area contributed by atoms with Crippen molar-refractivity contribution in [1.82, 2.24) is 24.1 Å². The van der Waals surface area contributed by atoms with Gasteiger partial charge >= 0.3 is 15.2 Å². The topological polar surface area (TPSA) is 164 Å². The van der Waals surface area contributed by atoms with E-state index in [0.717, 1.165) is 122 Å². The summed E-state index contributed by atoms with van der Waals surface area (Å²) in [5.74, 6) is 1.64. The molecule has 3 heterocycles. The maximum absolute atomic E-state index is 11.1. The fraction of sp³-hybridized carbons (Fsp3) is 0.457. The fourth-order valence-corrected chi connectivity index (χ4v) is 7.54. The highest BCUT2D eigenvalue weighted by Gasteiger charge is 2.18. The highest BCUT2D eigenvalue weighted by molar-refractivity contribution is 7.52. The van der Waals surface area contributed by atoms with Gasteiger partial charge in [0.25, 0.3) is 0 Å². The van der Waals surface area contributed by atoms with E-state index in [2.05, 4.69) is 21.3 Å². The zero-order chi connectivity index (χ0) is 34.0. The molecule has 5 aromatic rings. The summed E-state index contributed by atoms with van der Waals surface area (Å²) in [6.07, 6.45) is 10.6. The van der Waals surface area contributed by atoms with Crippen LogP contribution in [-0.2, 0) is 22.2 Å². The second-order valence-electron chi connectivity index (χ2n) is 12.6. The number of pyridine rings is 1. The first kappa shape index (κ1) is 36.1. The van der Waals surface area contributed by atoms with Crippen molar-refractivity contribution in [2.45, 2.75) is 90.1 Å². The molecule has 11 nitrogen and oxygen atoms in total. The monoisotopic (exact) mass is 695 g/mol. The first-order valence-corrected chi connectivity index (χ1v) is 20.7. The highest BCUT2D eigenvalue weighted by Crippen LogP contribution is 2.36. The Morgan fingerprint density at radius 3 is 1.25 bits per heavy atom. The second-order valence-corrected chi connectivity index (χ2v) is 16.1. The summed E-state index contributed by atoms with van der Waals surface area (Å²) >= 11 is 0. The quantitative estimate of drug-likeness (QED) is 0.0465. The van der Waals surface area contributed by atoms with Crippen LogP contribution in [0.25, 0.3) is 45.1 Å². The van der Waals surface area contributed by atoms with E-state index in [1.807, 2.05) is 54.6 Å². The van der Waals surface area contributed by atoms with Gasteiger partial charge in [0.05, 0.1) is 22.1 Å². The van der Waals surface area contributed by atoms with Gasteiger partial charge in [0.1, 0.15) is 11.4 Å². The standard InChI is InChI=1S/C35H47N5O6P2/c41-47(42,43)26-15-7-3-1-5-13-24-39-32-22-11-9-18-28(32)37-34(39)30-20-17-21-31(36-30)35-38-29-19-10-12-23-33(29)40(35)25-14-6-2-4-8-16-27-48(44,45)46/h9-12,17-23H,1-8,13-16,24-27H2,(H2,41,42,43)(H2,44,45,46). The van der Waals surface area contributed by atoms with Gasteiger partial charge in [-0.3, -0.25) is 9.13 Å². The third-order valence-corrected chi connectivity index (χ3v) is 10.5. The van der Waals surface area contributed by atoms with Gasteiger partial charge in [-0.05, 0) is 62.1 Å². The molecule has 0 atom stereocenters. The number of aryl methyl sites for hydroxylation is 2. The van der Waals surface area contributed by atoms with Gasteiger partial charge in [-0.1, -0.05) is 81.7 Å². The molecule has 0 spiro atoms. The minimum absolute atomic E-state index is 0.0362. The molecule has 4 N–H and O–H groups in total. The van der Waals surface area contributed by atoms with Gasteiger partial charge in [-0.25, -0.2) is 15.0 Å². The molecule has 13 heteroatoms. The lowest BCUT2D eigenvalue weighted by molar-refractivity contribution is 0.368. The minimum Gasteiger partial charge on any atom is -0.324 e. The van der Waals surface area contributed by atoms with Crippen LogP contribution in [0.4, 0.5) is 0 Å². The molecule has 48 heavy (non-hydrogen) atoms. The molecule has 0 saturated carbocycles. The van der Waals surface area contributed by atoms with E-state index in [4.69, 9.17) is 34.5 Å². The molecule has 5 rings (SSSR count). The van der Waals surface area contributed by atoms with Crippen molar-refractivity contribution in [2.75, 3.05) is 12.3 Å². The van der Waals surface area contributed by atoms with Crippen LogP contribution >= 0.6 is 15.2 Å². The van der Waals surface area contributed by atoms with Crippen molar-refractivity contribution >= 4 is 37.3 Å².